The number of pyridine rings is 2. The molecule has 0 atom stereocenters. The van der Waals surface area contributed by atoms with E-state index in [0.717, 1.165) is 12.8 Å². The summed E-state index contributed by atoms with van der Waals surface area (Å²) >= 11 is 0. The number of hydrogen-bond acceptors (Lipinski definition) is 7. The number of anilines is 3. The fourth-order valence-corrected chi connectivity index (χ4v) is 2.69. The lowest BCUT2D eigenvalue weighted by Crippen LogP contribution is -2.22. The average Bonchev–Trinajstić information content (AvgIpc) is 3.51. The molecule has 0 bridgehead atoms. The third kappa shape index (κ3) is 2.67. The summed E-state index contributed by atoms with van der Waals surface area (Å²) in [5.41, 5.74) is 1.24. The van der Waals surface area contributed by atoms with Crippen LogP contribution in [0.25, 0.3) is 0 Å². The number of aromatic nitrogens is 2. The summed E-state index contributed by atoms with van der Waals surface area (Å²) in [6.07, 6.45) is 6.19. The monoisotopic (exact) mass is 355 g/mol. The number of nitrogens with one attached hydrogen (secondary N) is 3. The summed E-state index contributed by atoms with van der Waals surface area (Å²) in [7, 11) is 3.04. The minimum absolute atomic E-state index is 0.0108. The van der Waals surface area contributed by atoms with Crippen molar-refractivity contribution in [3.8, 4) is 17.2 Å². The van der Waals surface area contributed by atoms with Crippen LogP contribution in [0.4, 0.5) is 17.2 Å². The molecule has 2 aromatic heterocycles. The zero-order chi connectivity index (χ0) is 18.3. The Morgan fingerprint density at radius 2 is 2.08 bits per heavy atom. The SMILES string of the molecule is CNC(=O)c1cnc(NC(=O)C2CC2)c2c1Nc1c(OC)cncc1O2. The van der Waals surface area contributed by atoms with Crippen molar-refractivity contribution in [3.63, 3.8) is 0 Å². The summed E-state index contributed by atoms with van der Waals surface area (Å²) < 4.78 is 11.2. The maximum Gasteiger partial charge on any atom is 0.254 e. The van der Waals surface area contributed by atoms with Gasteiger partial charge in [-0.05, 0) is 12.8 Å². The second-order valence-electron chi connectivity index (χ2n) is 6.01. The highest BCUT2D eigenvalue weighted by molar-refractivity contribution is 6.05. The lowest BCUT2D eigenvalue weighted by atomic mass is 10.1. The van der Waals surface area contributed by atoms with Gasteiger partial charge in [0.15, 0.2) is 23.1 Å². The van der Waals surface area contributed by atoms with Gasteiger partial charge in [-0.3, -0.25) is 14.6 Å². The zero-order valence-electron chi connectivity index (χ0n) is 14.3. The molecule has 9 nitrogen and oxygen atoms in total. The molecule has 2 aromatic rings. The maximum absolute atomic E-state index is 12.2. The van der Waals surface area contributed by atoms with E-state index in [1.807, 2.05) is 0 Å². The lowest BCUT2D eigenvalue weighted by molar-refractivity contribution is -0.117. The highest BCUT2D eigenvalue weighted by atomic mass is 16.5. The van der Waals surface area contributed by atoms with Gasteiger partial charge in [-0.25, -0.2) is 4.98 Å². The number of methoxy groups -OCH3 is 1. The van der Waals surface area contributed by atoms with Crippen LogP contribution in [0, 0.1) is 5.92 Å². The molecule has 1 aliphatic carbocycles. The van der Waals surface area contributed by atoms with Crippen LogP contribution in [0.2, 0.25) is 0 Å². The summed E-state index contributed by atoms with van der Waals surface area (Å²) in [6.45, 7) is 0. The quantitative estimate of drug-likeness (QED) is 0.656. The molecular weight excluding hydrogens is 338 g/mol. The molecular formula is C17H17N5O4. The number of rotatable bonds is 4. The van der Waals surface area contributed by atoms with Gasteiger partial charge in [-0.1, -0.05) is 0 Å². The highest BCUT2D eigenvalue weighted by Gasteiger charge is 2.33. The number of hydrogen-bond donors (Lipinski definition) is 3. The van der Waals surface area contributed by atoms with Crippen LogP contribution in [0.3, 0.4) is 0 Å². The van der Waals surface area contributed by atoms with Crippen LogP contribution >= 0.6 is 0 Å². The molecule has 0 radical (unpaired) electrons. The van der Waals surface area contributed by atoms with Gasteiger partial charge in [0.1, 0.15) is 11.4 Å². The van der Waals surface area contributed by atoms with Crippen LogP contribution in [-0.4, -0.2) is 35.9 Å². The van der Waals surface area contributed by atoms with Crippen molar-refractivity contribution < 1.29 is 19.1 Å². The Hall–Kier alpha value is -3.36. The molecule has 3 heterocycles. The van der Waals surface area contributed by atoms with Crippen molar-refractivity contribution in [2.45, 2.75) is 12.8 Å². The standard InChI is InChI=1S/C17H17N5O4/c1-18-17(24)9-5-20-15(22-16(23)8-3-4-8)14-12(9)21-13-10(25-2)6-19-7-11(13)26-14/h5-8,21H,3-4H2,1-2H3,(H,18,24)(H,20,22,23). The zero-order valence-corrected chi connectivity index (χ0v) is 14.3. The van der Waals surface area contributed by atoms with E-state index in [9.17, 15) is 9.59 Å². The number of fused-ring (bicyclic) bond motifs is 2. The topological polar surface area (TPSA) is 114 Å². The third-order valence-corrected chi connectivity index (χ3v) is 4.25. The van der Waals surface area contributed by atoms with Gasteiger partial charge in [0.2, 0.25) is 5.91 Å². The fourth-order valence-electron chi connectivity index (χ4n) is 2.69. The van der Waals surface area contributed by atoms with E-state index in [1.54, 1.807) is 0 Å². The van der Waals surface area contributed by atoms with Gasteiger partial charge in [0.25, 0.3) is 5.91 Å². The molecule has 0 spiro atoms. The molecule has 134 valence electrons. The van der Waals surface area contributed by atoms with Crippen LogP contribution in [0.5, 0.6) is 17.2 Å². The molecule has 26 heavy (non-hydrogen) atoms. The minimum Gasteiger partial charge on any atom is -0.493 e. The van der Waals surface area contributed by atoms with E-state index >= 15 is 0 Å². The van der Waals surface area contributed by atoms with Gasteiger partial charge in [-0.2, -0.15) is 0 Å². The van der Waals surface area contributed by atoms with Crippen molar-refractivity contribution in [2.75, 3.05) is 24.8 Å². The smallest absolute Gasteiger partial charge is 0.254 e. The molecule has 1 aliphatic heterocycles. The number of ether oxygens (including phenoxy) is 2. The second-order valence-corrected chi connectivity index (χ2v) is 6.01. The molecule has 2 amide bonds. The molecule has 1 fully saturated rings. The summed E-state index contributed by atoms with van der Waals surface area (Å²) in [5, 5.41) is 8.50. The van der Waals surface area contributed by atoms with Crippen molar-refractivity contribution in [3.05, 3.63) is 24.2 Å². The summed E-state index contributed by atoms with van der Waals surface area (Å²) in [5.74, 6) is 0.975. The molecule has 1 saturated carbocycles. The van der Waals surface area contributed by atoms with Crippen LogP contribution in [-0.2, 0) is 4.79 Å². The van der Waals surface area contributed by atoms with Crippen LogP contribution in [0.1, 0.15) is 23.2 Å². The van der Waals surface area contributed by atoms with Gasteiger partial charge in [-0.15, -0.1) is 0 Å². The number of nitrogens with zero attached hydrogens (tertiary/aromatic N) is 2. The van der Waals surface area contributed by atoms with Crippen LogP contribution < -0.4 is 25.4 Å². The van der Waals surface area contributed by atoms with Crippen molar-refractivity contribution >= 4 is 29.0 Å². The Balaban J connectivity index is 1.80. The van der Waals surface area contributed by atoms with Gasteiger partial charge in [0, 0.05) is 19.2 Å². The summed E-state index contributed by atoms with van der Waals surface area (Å²) in [6, 6.07) is 0. The Labute approximate surface area is 149 Å². The molecule has 0 aromatic carbocycles. The molecule has 0 saturated heterocycles. The molecule has 0 unspecified atom stereocenters. The predicted octanol–water partition coefficient (Wildman–Crippen LogP) is 2.04. The minimum atomic E-state index is -0.332. The Morgan fingerprint density at radius 3 is 2.77 bits per heavy atom. The third-order valence-electron chi connectivity index (χ3n) is 4.25. The second kappa shape index (κ2) is 6.17. The fraction of sp³-hybridized carbons (Fsp3) is 0.294. The van der Waals surface area contributed by atoms with E-state index in [-0.39, 0.29) is 34.9 Å². The highest BCUT2D eigenvalue weighted by Crippen LogP contribution is 2.49. The first-order chi connectivity index (χ1) is 12.6. The summed E-state index contributed by atoms with van der Waals surface area (Å²) in [4.78, 5) is 32.7. The van der Waals surface area contributed by atoms with E-state index in [4.69, 9.17) is 9.47 Å². The van der Waals surface area contributed by atoms with Crippen molar-refractivity contribution in [1.82, 2.24) is 15.3 Å². The molecule has 9 heteroatoms. The first-order valence-electron chi connectivity index (χ1n) is 8.15. The molecule has 2 aliphatic rings. The average molecular weight is 355 g/mol. The van der Waals surface area contributed by atoms with E-state index in [0.29, 0.717) is 22.9 Å². The van der Waals surface area contributed by atoms with Crippen molar-refractivity contribution in [1.29, 1.82) is 0 Å². The predicted molar refractivity (Wildman–Crippen MR) is 93.1 cm³/mol. The van der Waals surface area contributed by atoms with Crippen molar-refractivity contribution in [2.24, 2.45) is 5.92 Å². The largest absolute Gasteiger partial charge is 0.493 e. The van der Waals surface area contributed by atoms with E-state index in [2.05, 4.69) is 25.9 Å². The van der Waals surface area contributed by atoms with E-state index in [1.165, 1.54) is 32.7 Å². The number of carbonyl (C=O) groups is 2. The maximum atomic E-state index is 12.2. The Morgan fingerprint density at radius 1 is 1.27 bits per heavy atom. The normalized spacial score (nSPS) is 14.2. The van der Waals surface area contributed by atoms with Gasteiger partial charge < -0.3 is 25.4 Å². The number of amides is 2. The van der Waals surface area contributed by atoms with Gasteiger partial charge in [0.05, 0.1) is 25.1 Å². The first kappa shape index (κ1) is 16.1. The molecule has 3 N–H and O–H groups in total. The van der Waals surface area contributed by atoms with Crippen LogP contribution in [0.15, 0.2) is 18.6 Å². The molecule has 4 rings (SSSR count). The first-order valence-corrected chi connectivity index (χ1v) is 8.15. The lowest BCUT2D eigenvalue weighted by Gasteiger charge is -2.25. The van der Waals surface area contributed by atoms with Gasteiger partial charge >= 0.3 is 0 Å². The Bertz CT molecular complexity index is 910. The Kier molecular flexibility index (Phi) is 3.83. The number of carbonyl (C=O) groups excluding carboxylic acids is 2. The van der Waals surface area contributed by atoms with E-state index < -0.39 is 0 Å².